The van der Waals surface area contributed by atoms with Gasteiger partial charge in [-0.3, -0.25) is 9.69 Å². The Bertz CT molecular complexity index is 626. The molecule has 132 valence electrons. The highest BCUT2D eigenvalue weighted by Crippen LogP contribution is 2.27. The molecule has 0 aliphatic carbocycles. The third-order valence-corrected chi connectivity index (χ3v) is 4.76. The second-order valence-corrected chi connectivity index (χ2v) is 7.41. The molecule has 2 rings (SSSR count). The van der Waals surface area contributed by atoms with Gasteiger partial charge in [-0.15, -0.1) is 0 Å². The Kier molecular flexibility index (Phi) is 6.48. The number of halogens is 2. The highest BCUT2D eigenvalue weighted by molar-refractivity contribution is 9.10. The molecule has 2 amide bonds. The maximum absolute atomic E-state index is 12.5. The number of carbonyl (C=O) groups excluding carboxylic acids is 2. The van der Waals surface area contributed by atoms with Crippen molar-refractivity contribution < 1.29 is 19.4 Å². The van der Waals surface area contributed by atoms with E-state index < -0.39 is 18.2 Å². The van der Waals surface area contributed by atoms with Crippen molar-refractivity contribution in [2.24, 2.45) is 5.92 Å². The first-order valence-corrected chi connectivity index (χ1v) is 8.82. The number of amides is 2. The summed E-state index contributed by atoms with van der Waals surface area (Å²) < 4.78 is 5.83. The molecule has 0 unspecified atom stereocenters. The van der Waals surface area contributed by atoms with Gasteiger partial charge in [0.2, 0.25) is 5.91 Å². The number of aliphatic hydroxyl groups is 1. The molecule has 1 aliphatic heterocycles. The number of benzene rings is 1. The van der Waals surface area contributed by atoms with Gasteiger partial charge in [-0.1, -0.05) is 25.4 Å². The fourth-order valence-corrected chi connectivity index (χ4v) is 2.88. The quantitative estimate of drug-likeness (QED) is 0.785. The molecule has 1 heterocycles. The zero-order chi connectivity index (χ0) is 17.9. The molecule has 2 atom stereocenters. The van der Waals surface area contributed by atoms with Gasteiger partial charge >= 0.3 is 6.09 Å². The van der Waals surface area contributed by atoms with Crippen LogP contribution in [0.15, 0.2) is 22.7 Å². The zero-order valence-corrected chi connectivity index (χ0v) is 15.8. The third kappa shape index (κ3) is 4.84. The van der Waals surface area contributed by atoms with Crippen LogP contribution in [0.3, 0.4) is 0 Å². The van der Waals surface area contributed by atoms with Crippen molar-refractivity contribution in [1.82, 2.24) is 4.90 Å². The lowest BCUT2D eigenvalue weighted by Gasteiger charge is -2.23. The molecule has 0 radical (unpaired) electrons. The molecule has 1 aromatic rings. The second-order valence-electron chi connectivity index (χ2n) is 6.15. The summed E-state index contributed by atoms with van der Waals surface area (Å²) >= 11 is 9.22. The summed E-state index contributed by atoms with van der Waals surface area (Å²) in [5.41, 5.74) is 0.549. The maximum atomic E-state index is 12.5. The van der Waals surface area contributed by atoms with E-state index in [1.165, 1.54) is 4.90 Å². The Morgan fingerprint density at radius 2 is 2.21 bits per heavy atom. The van der Waals surface area contributed by atoms with Gasteiger partial charge < -0.3 is 15.2 Å². The summed E-state index contributed by atoms with van der Waals surface area (Å²) in [5, 5.41) is 13.1. The molecule has 0 aromatic heterocycles. The van der Waals surface area contributed by atoms with Gasteiger partial charge in [-0.25, -0.2) is 4.79 Å². The first kappa shape index (κ1) is 19.0. The lowest BCUT2D eigenvalue weighted by Crippen LogP contribution is -2.43. The zero-order valence-electron chi connectivity index (χ0n) is 13.5. The molecule has 0 saturated carbocycles. The lowest BCUT2D eigenvalue weighted by molar-refractivity contribution is -0.120. The van der Waals surface area contributed by atoms with Crippen LogP contribution >= 0.6 is 27.5 Å². The molecule has 6 nitrogen and oxygen atoms in total. The Morgan fingerprint density at radius 3 is 2.83 bits per heavy atom. The number of hydrogen-bond donors (Lipinski definition) is 2. The molecule has 1 fully saturated rings. The Balaban J connectivity index is 2.05. The van der Waals surface area contributed by atoms with E-state index in [2.05, 4.69) is 21.2 Å². The van der Waals surface area contributed by atoms with Crippen molar-refractivity contribution in [1.29, 1.82) is 0 Å². The van der Waals surface area contributed by atoms with Gasteiger partial charge in [0.15, 0.2) is 0 Å². The maximum Gasteiger partial charge on any atom is 0.410 e. The fraction of sp³-hybridized carbons (Fsp3) is 0.500. The molecular weight excluding hydrogens is 400 g/mol. The van der Waals surface area contributed by atoms with Crippen molar-refractivity contribution >= 4 is 45.2 Å². The highest BCUT2D eigenvalue weighted by Gasteiger charge is 2.39. The molecule has 0 bridgehead atoms. The van der Waals surface area contributed by atoms with E-state index in [0.29, 0.717) is 15.2 Å². The number of nitrogens with one attached hydrogen (secondary N) is 1. The van der Waals surface area contributed by atoms with E-state index in [9.17, 15) is 14.7 Å². The third-order valence-electron chi connectivity index (χ3n) is 3.54. The highest BCUT2D eigenvalue weighted by atomic mass is 79.9. The van der Waals surface area contributed by atoms with Gasteiger partial charge in [0.25, 0.3) is 0 Å². The predicted octanol–water partition coefficient (Wildman–Crippen LogP) is 3.27. The smallest absolute Gasteiger partial charge is 0.410 e. The number of hydrogen-bond acceptors (Lipinski definition) is 4. The van der Waals surface area contributed by atoms with Crippen molar-refractivity contribution in [3.05, 3.63) is 27.7 Å². The van der Waals surface area contributed by atoms with E-state index in [1.54, 1.807) is 18.2 Å². The lowest BCUT2D eigenvalue weighted by atomic mass is 10.2. The van der Waals surface area contributed by atoms with Gasteiger partial charge in [-0.05, 0) is 40.0 Å². The van der Waals surface area contributed by atoms with E-state index >= 15 is 0 Å². The number of ether oxygens (including phenoxy) is 1. The fourth-order valence-electron chi connectivity index (χ4n) is 2.38. The molecule has 1 aromatic carbocycles. The summed E-state index contributed by atoms with van der Waals surface area (Å²) in [5.74, 6) is -0.178. The number of likely N-dealkylation sites (tertiary alicyclic amines) is 1. The predicted molar refractivity (Wildman–Crippen MR) is 95.1 cm³/mol. The van der Waals surface area contributed by atoms with Crippen molar-refractivity contribution in [2.75, 3.05) is 18.5 Å². The Hall–Kier alpha value is -1.31. The summed E-state index contributed by atoms with van der Waals surface area (Å²) in [4.78, 5) is 25.9. The van der Waals surface area contributed by atoms with Crippen LogP contribution in [-0.2, 0) is 9.53 Å². The van der Waals surface area contributed by atoms with E-state index in [-0.39, 0.29) is 31.4 Å². The molecule has 1 saturated heterocycles. The number of rotatable bonds is 4. The van der Waals surface area contributed by atoms with Crippen molar-refractivity contribution in [3.63, 3.8) is 0 Å². The minimum Gasteiger partial charge on any atom is -0.449 e. The summed E-state index contributed by atoms with van der Waals surface area (Å²) in [6, 6.07) is 4.22. The molecule has 2 N–H and O–H groups in total. The van der Waals surface area contributed by atoms with Crippen LogP contribution in [0.2, 0.25) is 5.02 Å². The number of nitrogens with zero attached hydrogens (tertiary/aromatic N) is 1. The minimum atomic E-state index is -0.769. The second kappa shape index (κ2) is 8.18. The van der Waals surface area contributed by atoms with Crippen molar-refractivity contribution in [2.45, 2.75) is 32.4 Å². The van der Waals surface area contributed by atoms with E-state index in [1.807, 2.05) is 13.8 Å². The monoisotopic (exact) mass is 418 g/mol. The normalized spacial score (nSPS) is 20.3. The number of anilines is 1. The van der Waals surface area contributed by atoms with Gasteiger partial charge in [0.05, 0.1) is 24.3 Å². The van der Waals surface area contributed by atoms with Crippen LogP contribution in [0.4, 0.5) is 10.5 Å². The van der Waals surface area contributed by atoms with Gasteiger partial charge in [-0.2, -0.15) is 0 Å². The molecule has 24 heavy (non-hydrogen) atoms. The molecule has 1 aliphatic rings. The first-order valence-electron chi connectivity index (χ1n) is 7.65. The summed E-state index contributed by atoms with van der Waals surface area (Å²) in [7, 11) is 0. The van der Waals surface area contributed by atoms with E-state index in [0.717, 1.165) is 0 Å². The molecule has 8 heteroatoms. The van der Waals surface area contributed by atoms with Crippen LogP contribution < -0.4 is 5.32 Å². The Morgan fingerprint density at radius 1 is 1.50 bits per heavy atom. The number of carbonyl (C=O) groups is 2. The average Bonchev–Trinajstić information content (AvgIpc) is 2.90. The largest absolute Gasteiger partial charge is 0.449 e. The summed E-state index contributed by atoms with van der Waals surface area (Å²) in [6.07, 6.45) is -1.15. The topological polar surface area (TPSA) is 78.9 Å². The molecule has 0 spiro atoms. The molecular formula is C16H20BrClN2O4. The number of β-amino-alcohol motifs (C(OH)–C–C–N with tert-alkyl or cyclic N) is 1. The number of aliphatic hydroxyl groups excluding tert-OH is 1. The van der Waals surface area contributed by atoms with Gasteiger partial charge in [0.1, 0.15) is 6.04 Å². The minimum absolute atomic E-state index is 0.0827. The van der Waals surface area contributed by atoms with E-state index in [4.69, 9.17) is 16.3 Å². The van der Waals surface area contributed by atoms with Gasteiger partial charge in [0, 0.05) is 16.6 Å². The average molecular weight is 420 g/mol. The Labute approximate surface area is 154 Å². The van der Waals surface area contributed by atoms with Crippen LogP contribution in [0.1, 0.15) is 20.3 Å². The SMILES string of the molecule is CC(C)COC(=O)N1C[C@H](O)C[C@H]1C(=O)Nc1ccc(Cl)c(Br)c1. The van der Waals surface area contributed by atoms with Crippen molar-refractivity contribution in [3.8, 4) is 0 Å². The van der Waals surface area contributed by atoms with Crippen LogP contribution in [-0.4, -0.2) is 47.3 Å². The van der Waals surface area contributed by atoms with Crippen LogP contribution in [0, 0.1) is 5.92 Å². The van der Waals surface area contributed by atoms with Crippen LogP contribution in [0.25, 0.3) is 0 Å². The standard InChI is InChI=1S/C16H20BrClN2O4/c1-9(2)8-24-16(23)20-7-11(21)6-14(20)15(22)19-10-3-4-13(18)12(17)5-10/h3-5,9,11,14,21H,6-8H2,1-2H3,(H,19,22)/t11-,14+/m1/s1. The first-order chi connectivity index (χ1) is 11.3. The van der Waals surface area contributed by atoms with Crippen LogP contribution in [0.5, 0.6) is 0 Å². The summed E-state index contributed by atoms with van der Waals surface area (Å²) in [6.45, 7) is 4.20.